The highest BCUT2D eigenvalue weighted by Gasteiger charge is 1.81. The number of aliphatic hydroxyl groups is 1. The van der Waals surface area contributed by atoms with E-state index in [1.54, 1.807) is 0 Å². The molecule has 0 rings (SSSR count). The molecule has 3 heteroatoms. The first kappa shape index (κ1) is 8.14. The molecule has 0 amide bonds. The van der Waals surface area contributed by atoms with Crippen molar-refractivity contribution >= 4 is 10.2 Å². The summed E-state index contributed by atoms with van der Waals surface area (Å²) in [6.45, 7) is 2.09. The molecule has 0 aromatic carbocycles. The van der Waals surface area contributed by atoms with Crippen LogP contribution in [0.2, 0.25) is 6.04 Å². The second-order valence-corrected chi connectivity index (χ2v) is 2.83. The minimum atomic E-state index is 0.265. The van der Waals surface area contributed by atoms with E-state index in [2.05, 4.69) is 5.32 Å². The first-order chi connectivity index (χ1) is 3.91. The molecule has 0 unspecified atom stereocenters. The molecule has 0 aliphatic heterocycles. The van der Waals surface area contributed by atoms with Gasteiger partial charge in [-0.1, -0.05) is 6.04 Å². The van der Waals surface area contributed by atoms with Crippen LogP contribution in [0.3, 0.4) is 0 Å². The van der Waals surface area contributed by atoms with E-state index >= 15 is 0 Å². The lowest BCUT2D eigenvalue weighted by molar-refractivity contribution is 0.292. The number of aliphatic hydroxyl groups excluding tert-OH is 1. The fraction of sp³-hybridized carbons (Fsp3) is 1.00. The maximum atomic E-state index is 8.31. The first-order valence-corrected chi connectivity index (χ1v) is 4.64. The van der Waals surface area contributed by atoms with Gasteiger partial charge in [-0.3, -0.25) is 0 Å². The molecule has 2 N–H and O–H groups in total. The molecule has 0 aromatic rings. The molecule has 0 bridgehead atoms. The normalized spacial score (nSPS) is 10.1. The van der Waals surface area contributed by atoms with Crippen LogP contribution in [0.1, 0.15) is 6.42 Å². The summed E-state index contributed by atoms with van der Waals surface area (Å²) in [6.07, 6.45) is 1.27. The molecule has 0 fully saturated rings. The second-order valence-electron chi connectivity index (χ2n) is 1.83. The molecule has 0 aliphatic rings. The second kappa shape index (κ2) is 7.14. The lowest BCUT2D eigenvalue weighted by atomic mass is 10.5. The zero-order valence-corrected chi connectivity index (χ0v) is 7.48. The number of nitrogens with one attached hydrogen (secondary N) is 1. The van der Waals surface area contributed by atoms with Crippen molar-refractivity contribution in [1.82, 2.24) is 5.32 Å². The van der Waals surface area contributed by atoms with Crippen molar-refractivity contribution in [3.05, 3.63) is 0 Å². The number of hydrogen-bond acceptors (Lipinski definition) is 2. The smallest absolute Gasteiger partial charge is 0.0555 e. The Bertz CT molecular complexity index is 37.4. The van der Waals surface area contributed by atoms with Crippen molar-refractivity contribution in [2.75, 3.05) is 19.7 Å². The first-order valence-electron chi connectivity index (χ1n) is 3.23. The third-order valence-electron chi connectivity index (χ3n) is 0.996. The van der Waals surface area contributed by atoms with E-state index in [0.29, 0.717) is 0 Å². The van der Waals surface area contributed by atoms with Crippen molar-refractivity contribution in [1.29, 1.82) is 0 Å². The third-order valence-corrected chi connectivity index (χ3v) is 1.70. The van der Waals surface area contributed by atoms with Gasteiger partial charge in [-0.2, -0.15) is 0 Å². The Morgan fingerprint density at radius 3 is 2.62 bits per heavy atom. The van der Waals surface area contributed by atoms with E-state index in [1.807, 2.05) is 0 Å². The van der Waals surface area contributed by atoms with E-state index in [-0.39, 0.29) is 6.61 Å². The minimum Gasteiger partial charge on any atom is -0.395 e. The van der Waals surface area contributed by atoms with Gasteiger partial charge in [-0.05, 0) is 13.0 Å². The van der Waals surface area contributed by atoms with Gasteiger partial charge in [0.2, 0.25) is 0 Å². The van der Waals surface area contributed by atoms with Gasteiger partial charge in [0.1, 0.15) is 0 Å². The average molecular weight is 133 g/mol. The highest BCUT2D eigenvalue weighted by atomic mass is 28.1. The fourth-order valence-electron chi connectivity index (χ4n) is 0.506. The third kappa shape index (κ3) is 6.14. The quantitative estimate of drug-likeness (QED) is 0.362. The van der Waals surface area contributed by atoms with E-state index in [1.165, 1.54) is 22.7 Å². The molecule has 2 nitrogen and oxygen atoms in total. The van der Waals surface area contributed by atoms with E-state index in [0.717, 1.165) is 13.1 Å². The van der Waals surface area contributed by atoms with E-state index in [9.17, 15) is 0 Å². The standard InChI is InChI=1S/C5H15NOSi/c7-4-3-6-2-1-5-8/h6-7H,1-5H2,8H3. The molecule has 0 saturated carbocycles. The number of hydrogen-bond donors (Lipinski definition) is 2. The summed E-state index contributed by atoms with van der Waals surface area (Å²) in [5.41, 5.74) is 0. The van der Waals surface area contributed by atoms with Gasteiger partial charge in [0.25, 0.3) is 0 Å². The molecule has 50 valence electrons. The average Bonchev–Trinajstić information content (AvgIpc) is 1.81. The monoisotopic (exact) mass is 133 g/mol. The number of rotatable bonds is 5. The lowest BCUT2D eigenvalue weighted by Crippen LogP contribution is -2.18. The topological polar surface area (TPSA) is 32.3 Å². The highest BCUT2D eigenvalue weighted by molar-refractivity contribution is 6.08. The van der Waals surface area contributed by atoms with Gasteiger partial charge < -0.3 is 10.4 Å². The summed E-state index contributed by atoms with van der Waals surface area (Å²) in [6, 6.07) is 1.36. The van der Waals surface area contributed by atoms with Crippen LogP contribution in [0.5, 0.6) is 0 Å². The van der Waals surface area contributed by atoms with Crippen LogP contribution in [0, 0.1) is 0 Å². The van der Waals surface area contributed by atoms with Gasteiger partial charge in [0.05, 0.1) is 6.61 Å². The maximum Gasteiger partial charge on any atom is 0.0555 e. The summed E-state index contributed by atoms with van der Waals surface area (Å²) < 4.78 is 0. The Labute approximate surface area is 53.7 Å². The predicted molar refractivity (Wildman–Crippen MR) is 39.3 cm³/mol. The van der Waals surface area contributed by atoms with E-state index in [4.69, 9.17) is 5.11 Å². The Morgan fingerprint density at radius 1 is 1.38 bits per heavy atom. The van der Waals surface area contributed by atoms with Crippen LogP contribution in [-0.4, -0.2) is 35.0 Å². The molecule has 0 aromatic heterocycles. The zero-order valence-electron chi connectivity index (χ0n) is 5.48. The molecule has 0 heterocycles. The Morgan fingerprint density at radius 2 is 2.12 bits per heavy atom. The summed E-state index contributed by atoms with van der Waals surface area (Å²) in [7, 11) is 1.30. The van der Waals surface area contributed by atoms with Crippen LogP contribution >= 0.6 is 0 Å². The SMILES string of the molecule is OCCNCCC[SiH3]. The summed E-state index contributed by atoms with van der Waals surface area (Å²) in [5.74, 6) is 0. The van der Waals surface area contributed by atoms with Crippen LogP contribution in [-0.2, 0) is 0 Å². The van der Waals surface area contributed by atoms with Gasteiger partial charge in [0, 0.05) is 16.8 Å². The summed E-state index contributed by atoms with van der Waals surface area (Å²) in [4.78, 5) is 0. The maximum absolute atomic E-state index is 8.31. The predicted octanol–water partition coefficient (Wildman–Crippen LogP) is -1.26. The Kier molecular flexibility index (Phi) is 7.26. The zero-order chi connectivity index (χ0) is 6.24. The molecule has 0 radical (unpaired) electrons. The van der Waals surface area contributed by atoms with Crippen LogP contribution in [0.4, 0.5) is 0 Å². The van der Waals surface area contributed by atoms with E-state index < -0.39 is 0 Å². The molecular weight excluding hydrogens is 118 g/mol. The van der Waals surface area contributed by atoms with Gasteiger partial charge >= 0.3 is 0 Å². The van der Waals surface area contributed by atoms with Crippen molar-refractivity contribution in [2.24, 2.45) is 0 Å². The molecule has 0 spiro atoms. The van der Waals surface area contributed by atoms with Crippen molar-refractivity contribution < 1.29 is 5.11 Å². The largest absolute Gasteiger partial charge is 0.395 e. The molecule has 8 heavy (non-hydrogen) atoms. The van der Waals surface area contributed by atoms with Crippen molar-refractivity contribution in [2.45, 2.75) is 12.5 Å². The van der Waals surface area contributed by atoms with Gasteiger partial charge in [-0.25, -0.2) is 0 Å². The summed E-state index contributed by atoms with van der Waals surface area (Å²) >= 11 is 0. The van der Waals surface area contributed by atoms with Crippen LogP contribution in [0.25, 0.3) is 0 Å². The van der Waals surface area contributed by atoms with Crippen molar-refractivity contribution in [3.8, 4) is 0 Å². The molecule has 0 aliphatic carbocycles. The summed E-state index contributed by atoms with van der Waals surface area (Å²) in [5, 5.41) is 11.4. The van der Waals surface area contributed by atoms with Gasteiger partial charge in [-0.15, -0.1) is 0 Å². The molecule has 0 atom stereocenters. The van der Waals surface area contributed by atoms with Crippen LogP contribution < -0.4 is 5.32 Å². The van der Waals surface area contributed by atoms with Crippen molar-refractivity contribution in [3.63, 3.8) is 0 Å². The Balaban J connectivity index is 2.53. The fourth-order valence-corrected chi connectivity index (χ4v) is 0.859. The lowest BCUT2D eigenvalue weighted by Gasteiger charge is -1.97. The highest BCUT2D eigenvalue weighted by Crippen LogP contribution is 1.78. The Hall–Kier alpha value is 0.137. The molecular formula is C5H15NOSi. The minimum absolute atomic E-state index is 0.265. The van der Waals surface area contributed by atoms with Crippen LogP contribution in [0.15, 0.2) is 0 Å². The molecule has 0 saturated heterocycles. The van der Waals surface area contributed by atoms with Gasteiger partial charge in [0.15, 0.2) is 0 Å².